The van der Waals surface area contributed by atoms with Crippen molar-refractivity contribution in [3.63, 3.8) is 0 Å². The van der Waals surface area contributed by atoms with Crippen LogP contribution in [0.3, 0.4) is 0 Å². The third kappa shape index (κ3) is 3.67. The normalized spacial score (nSPS) is 11.2. The molecule has 0 aliphatic rings. The molecule has 2 aromatic carbocycles. The molecule has 6 heteroatoms. The number of carbonyl (C=O) groups is 1. The molecule has 0 saturated heterocycles. The maximum atomic E-state index is 12.5. The van der Waals surface area contributed by atoms with Crippen LogP contribution in [0.4, 0.5) is 0 Å². The molecule has 0 aromatic heterocycles. The first kappa shape index (κ1) is 16.5. The second-order valence-corrected chi connectivity index (χ2v) is 7.50. The standard InChI is InChI=1S/C16H16ClNO3S/c1-18(2)16(19)15-6-4-3-5-12(15)11-22(20,21)14-9-7-13(17)8-10-14/h3-10H,11H2,1-2H3. The van der Waals surface area contributed by atoms with Gasteiger partial charge in [-0.25, -0.2) is 8.42 Å². The molecule has 22 heavy (non-hydrogen) atoms. The Morgan fingerprint density at radius 1 is 1.05 bits per heavy atom. The molecular weight excluding hydrogens is 322 g/mol. The minimum absolute atomic E-state index is 0.184. The van der Waals surface area contributed by atoms with E-state index in [1.165, 1.54) is 29.2 Å². The van der Waals surface area contributed by atoms with E-state index >= 15 is 0 Å². The molecule has 2 rings (SSSR count). The Morgan fingerprint density at radius 2 is 1.64 bits per heavy atom. The number of sulfone groups is 1. The van der Waals surface area contributed by atoms with Gasteiger partial charge in [0.1, 0.15) is 0 Å². The minimum Gasteiger partial charge on any atom is -0.345 e. The van der Waals surface area contributed by atoms with Gasteiger partial charge in [-0.1, -0.05) is 29.8 Å². The van der Waals surface area contributed by atoms with Crippen LogP contribution in [-0.4, -0.2) is 33.3 Å². The second-order valence-electron chi connectivity index (χ2n) is 5.07. The highest BCUT2D eigenvalue weighted by Gasteiger charge is 2.20. The van der Waals surface area contributed by atoms with Crippen molar-refractivity contribution in [2.75, 3.05) is 14.1 Å². The van der Waals surface area contributed by atoms with Crippen LogP contribution in [0.25, 0.3) is 0 Å². The van der Waals surface area contributed by atoms with Gasteiger partial charge in [-0.2, -0.15) is 0 Å². The van der Waals surface area contributed by atoms with Crippen molar-refractivity contribution in [1.82, 2.24) is 4.90 Å². The number of hydrogen-bond donors (Lipinski definition) is 0. The van der Waals surface area contributed by atoms with E-state index in [2.05, 4.69) is 0 Å². The van der Waals surface area contributed by atoms with E-state index in [1.54, 1.807) is 38.4 Å². The van der Waals surface area contributed by atoms with Crippen LogP contribution in [0.2, 0.25) is 5.02 Å². The van der Waals surface area contributed by atoms with Crippen molar-refractivity contribution in [3.8, 4) is 0 Å². The Morgan fingerprint density at radius 3 is 2.23 bits per heavy atom. The van der Waals surface area contributed by atoms with E-state index in [0.717, 1.165) is 0 Å². The Labute approximate surface area is 135 Å². The SMILES string of the molecule is CN(C)C(=O)c1ccccc1CS(=O)(=O)c1ccc(Cl)cc1. The second kappa shape index (κ2) is 6.50. The molecule has 4 nitrogen and oxygen atoms in total. The fourth-order valence-corrected chi connectivity index (χ4v) is 3.53. The molecule has 0 atom stereocenters. The topological polar surface area (TPSA) is 54.5 Å². The third-order valence-corrected chi connectivity index (χ3v) is 5.11. The van der Waals surface area contributed by atoms with Gasteiger partial charge in [-0.3, -0.25) is 4.79 Å². The predicted octanol–water partition coefficient (Wildman–Crippen LogP) is 3.02. The van der Waals surface area contributed by atoms with Crippen LogP contribution in [0.15, 0.2) is 53.4 Å². The fourth-order valence-electron chi connectivity index (χ4n) is 2.03. The van der Waals surface area contributed by atoms with Gasteiger partial charge in [0.05, 0.1) is 10.6 Å². The fraction of sp³-hybridized carbons (Fsp3) is 0.188. The van der Waals surface area contributed by atoms with Crippen LogP contribution in [0, 0.1) is 0 Å². The molecule has 0 N–H and O–H groups in total. The van der Waals surface area contributed by atoms with E-state index < -0.39 is 9.84 Å². The molecular formula is C16H16ClNO3S. The molecule has 0 bridgehead atoms. The summed E-state index contributed by atoms with van der Waals surface area (Å²) in [5.41, 5.74) is 0.876. The Bertz CT molecular complexity index is 783. The highest BCUT2D eigenvalue weighted by molar-refractivity contribution is 7.90. The molecule has 2 aromatic rings. The van der Waals surface area contributed by atoms with E-state index in [-0.39, 0.29) is 16.6 Å². The molecule has 0 heterocycles. The minimum atomic E-state index is -3.54. The number of amides is 1. The van der Waals surface area contributed by atoms with Gasteiger partial charge < -0.3 is 4.90 Å². The molecule has 0 spiro atoms. The molecule has 0 fully saturated rings. The Hall–Kier alpha value is -1.85. The summed E-state index contributed by atoms with van der Waals surface area (Å²) in [5, 5.41) is 0.474. The molecule has 0 aliphatic heterocycles. The van der Waals surface area contributed by atoms with E-state index in [9.17, 15) is 13.2 Å². The summed E-state index contributed by atoms with van der Waals surface area (Å²) in [5.74, 6) is -0.452. The lowest BCUT2D eigenvalue weighted by Crippen LogP contribution is -2.23. The molecule has 0 saturated carbocycles. The van der Waals surface area contributed by atoms with E-state index in [0.29, 0.717) is 16.1 Å². The van der Waals surface area contributed by atoms with Crippen LogP contribution in [0.5, 0.6) is 0 Å². The van der Waals surface area contributed by atoms with Gasteiger partial charge >= 0.3 is 0 Å². The maximum Gasteiger partial charge on any atom is 0.253 e. The first-order valence-corrected chi connectivity index (χ1v) is 8.62. The van der Waals surface area contributed by atoms with Crippen LogP contribution < -0.4 is 0 Å². The summed E-state index contributed by atoms with van der Waals surface area (Å²) < 4.78 is 25.0. The molecule has 0 unspecified atom stereocenters. The number of halogens is 1. The van der Waals surface area contributed by atoms with E-state index in [4.69, 9.17) is 11.6 Å². The highest BCUT2D eigenvalue weighted by atomic mass is 35.5. The lowest BCUT2D eigenvalue weighted by molar-refractivity contribution is 0.0827. The van der Waals surface area contributed by atoms with Gasteiger partial charge in [0.25, 0.3) is 5.91 Å². The Balaban J connectivity index is 2.38. The Kier molecular flexibility index (Phi) is 4.88. The zero-order valence-electron chi connectivity index (χ0n) is 12.3. The first-order chi connectivity index (χ1) is 10.3. The number of rotatable bonds is 4. The maximum absolute atomic E-state index is 12.5. The average Bonchev–Trinajstić information content (AvgIpc) is 2.47. The summed E-state index contributed by atoms with van der Waals surface area (Å²) in [7, 11) is -0.278. The quantitative estimate of drug-likeness (QED) is 0.861. The zero-order chi connectivity index (χ0) is 16.3. The van der Waals surface area contributed by atoms with E-state index in [1.807, 2.05) is 0 Å². The van der Waals surface area contributed by atoms with Gasteiger partial charge in [0.15, 0.2) is 9.84 Å². The van der Waals surface area contributed by atoms with Gasteiger partial charge in [0, 0.05) is 24.7 Å². The molecule has 0 aliphatic carbocycles. The van der Waals surface area contributed by atoms with Crippen molar-refractivity contribution in [3.05, 3.63) is 64.7 Å². The van der Waals surface area contributed by atoms with Gasteiger partial charge in [-0.05, 0) is 35.9 Å². The smallest absolute Gasteiger partial charge is 0.253 e. The predicted molar refractivity (Wildman–Crippen MR) is 86.8 cm³/mol. The summed E-state index contributed by atoms with van der Waals surface area (Å²) in [6, 6.07) is 12.7. The van der Waals surface area contributed by atoms with Crippen molar-refractivity contribution >= 4 is 27.3 Å². The van der Waals surface area contributed by atoms with Crippen molar-refractivity contribution < 1.29 is 13.2 Å². The average molecular weight is 338 g/mol. The molecule has 116 valence electrons. The zero-order valence-corrected chi connectivity index (χ0v) is 13.9. The van der Waals surface area contributed by atoms with Crippen molar-refractivity contribution in [2.24, 2.45) is 0 Å². The van der Waals surface area contributed by atoms with Gasteiger partial charge in [-0.15, -0.1) is 0 Å². The van der Waals surface area contributed by atoms with Crippen LogP contribution in [0.1, 0.15) is 15.9 Å². The lowest BCUT2D eigenvalue weighted by atomic mass is 10.1. The molecule has 1 amide bonds. The van der Waals surface area contributed by atoms with Crippen LogP contribution >= 0.6 is 11.6 Å². The van der Waals surface area contributed by atoms with Crippen LogP contribution in [-0.2, 0) is 15.6 Å². The number of benzene rings is 2. The number of nitrogens with zero attached hydrogens (tertiary/aromatic N) is 1. The largest absolute Gasteiger partial charge is 0.345 e. The third-order valence-electron chi connectivity index (χ3n) is 3.17. The number of carbonyl (C=O) groups excluding carboxylic acids is 1. The van der Waals surface area contributed by atoms with Crippen molar-refractivity contribution in [2.45, 2.75) is 10.6 Å². The summed E-state index contributed by atoms with van der Waals surface area (Å²) in [6.45, 7) is 0. The van der Waals surface area contributed by atoms with Crippen molar-refractivity contribution in [1.29, 1.82) is 0 Å². The summed E-state index contributed by atoms with van der Waals surface area (Å²) >= 11 is 5.78. The lowest BCUT2D eigenvalue weighted by Gasteiger charge is -2.14. The van der Waals surface area contributed by atoms with Gasteiger partial charge in [0.2, 0.25) is 0 Å². The number of hydrogen-bond acceptors (Lipinski definition) is 3. The summed E-state index contributed by atoms with van der Waals surface area (Å²) in [4.78, 5) is 13.8. The first-order valence-electron chi connectivity index (χ1n) is 6.59. The summed E-state index contributed by atoms with van der Waals surface area (Å²) in [6.07, 6.45) is 0. The molecule has 0 radical (unpaired) electrons. The highest BCUT2D eigenvalue weighted by Crippen LogP contribution is 2.21. The monoisotopic (exact) mass is 337 g/mol.